The third-order valence-corrected chi connectivity index (χ3v) is 3.90. The van der Waals surface area contributed by atoms with Gasteiger partial charge in [0.2, 0.25) is 0 Å². The van der Waals surface area contributed by atoms with E-state index in [9.17, 15) is 57.1 Å². The van der Waals surface area contributed by atoms with Crippen molar-refractivity contribution in [2.45, 2.75) is 48.3 Å². The molecule has 1 aromatic carbocycles. The summed E-state index contributed by atoms with van der Waals surface area (Å²) >= 11 is 0. The molecule has 0 aromatic heterocycles. The minimum absolute atomic E-state index is 0.304. The maximum Gasteiger partial charge on any atom is 0.460 e. The summed E-state index contributed by atoms with van der Waals surface area (Å²) in [4.78, 5) is 0. The number of hydrogen-bond acceptors (Lipinski definition) is 1. The highest BCUT2D eigenvalue weighted by Gasteiger charge is 2.90. The van der Waals surface area contributed by atoms with E-state index in [4.69, 9.17) is 0 Å². The van der Waals surface area contributed by atoms with E-state index in [1.807, 2.05) is 0 Å². The van der Waals surface area contributed by atoms with E-state index in [2.05, 4.69) is 4.74 Å². The second-order valence-corrected chi connectivity index (χ2v) is 5.84. The molecule has 14 heteroatoms. The molecule has 0 saturated carbocycles. The van der Waals surface area contributed by atoms with E-state index in [0.717, 1.165) is 12.1 Å². The highest BCUT2D eigenvalue weighted by Crippen LogP contribution is 2.61. The lowest BCUT2D eigenvalue weighted by Crippen LogP contribution is -2.70. The Labute approximate surface area is 154 Å². The SMILES string of the molecule is COC(CC(F)(F)C(F)(F)C(F)(F)C(F)(F)C(F)(F)C(F)(F)F)c1ccccc1. The molecule has 1 nitrogen and oxygen atoms in total. The van der Waals surface area contributed by atoms with Gasteiger partial charge >= 0.3 is 35.8 Å². The molecule has 0 heterocycles. The Bertz CT molecular complexity index is 681. The molecule has 0 radical (unpaired) electrons. The Balaban J connectivity index is 3.38. The van der Waals surface area contributed by atoms with Gasteiger partial charge in [0.1, 0.15) is 0 Å². The first-order valence-corrected chi connectivity index (χ1v) is 7.31. The van der Waals surface area contributed by atoms with Crippen molar-refractivity contribution in [1.29, 1.82) is 0 Å². The van der Waals surface area contributed by atoms with Gasteiger partial charge in [-0.05, 0) is 5.56 Å². The second-order valence-electron chi connectivity index (χ2n) is 5.84. The summed E-state index contributed by atoms with van der Waals surface area (Å²) in [6.07, 6.45) is -12.0. The number of methoxy groups -OCH3 is 1. The molecule has 0 fully saturated rings. The van der Waals surface area contributed by atoms with Gasteiger partial charge in [-0.1, -0.05) is 30.3 Å². The number of halogens is 13. The van der Waals surface area contributed by atoms with Crippen molar-refractivity contribution in [3.8, 4) is 0 Å². The first kappa shape index (κ1) is 25.3. The molecular weight excluding hydrogens is 443 g/mol. The number of alkyl halides is 13. The predicted molar refractivity (Wildman–Crippen MR) is 71.6 cm³/mol. The smallest absolute Gasteiger partial charge is 0.377 e. The molecule has 0 spiro atoms. The Hall–Kier alpha value is -1.73. The van der Waals surface area contributed by atoms with Gasteiger partial charge in [0, 0.05) is 13.5 Å². The first-order chi connectivity index (χ1) is 12.8. The van der Waals surface area contributed by atoms with E-state index in [0.29, 0.717) is 7.11 Å². The van der Waals surface area contributed by atoms with Crippen LogP contribution in [0.2, 0.25) is 0 Å². The molecule has 0 amide bonds. The van der Waals surface area contributed by atoms with Crippen LogP contribution in [0.4, 0.5) is 57.1 Å². The molecule has 1 aromatic rings. The Morgan fingerprint density at radius 1 is 0.655 bits per heavy atom. The topological polar surface area (TPSA) is 9.23 Å². The standard InChI is InChI=1S/C15H11F13O/c1-29-9(8-5-3-2-4-6-8)7-10(16,17)11(18,19)12(20,21)13(22,23)14(24,25)15(26,27)28/h2-6,9H,7H2,1H3. The molecule has 168 valence electrons. The first-order valence-electron chi connectivity index (χ1n) is 7.31. The van der Waals surface area contributed by atoms with E-state index >= 15 is 0 Å². The van der Waals surface area contributed by atoms with Crippen molar-refractivity contribution in [2.75, 3.05) is 7.11 Å². The zero-order valence-corrected chi connectivity index (χ0v) is 14.0. The molecule has 1 atom stereocenters. The average Bonchev–Trinajstić information content (AvgIpc) is 2.58. The van der Waals surface area contributed by atoms with Crippen molar-refractivity contribution < 1.29 is 61.8 Å². The summed E-state index contributed by atoms with van der Waals surface area (Å²) < 4.78 is 174. The van der Waals surface area contributed by atoms with Gasteiger partial charge in [-0.3, -0.25) is 0 Å². The molecule has 29 heavy (non-hydrogen) atoms. The van der Waals surface area contributed by atoms with Crippen LogP contribution < -0.4 is 0 Å². The molecule has 0 aliphatic carbocycles. The van der Waals surface area contributed by atoms with Crippen molar-refractivity contribution in [1.82, 2.24) is 0 Å². The van der Waals surface area contributed by atoms with E-state index in [1.54, 1.807) is 0 Å². The van der Waals surface area contributed by atoms with Gasteiger partial charge in [-0.25, -0.2) is 0 Å². The van der Waals surface area contributed by atoms with Gasteiger partial charge in [0.25, 0.3) is 0 Å². The molecule has 0 saturated heterocycles. The molecule has 1 unspecified atom stereocenters. The molecule has 0 aliphatic rings. The zero-order valence-electron chi connectivity index (χ0n) is 14.0. The molecular formula is C15H11F13O. The van der Waals surface area contributed by atoms with E-state index in [1.165, 1.54) is 18.2 Å². The van der Waals surface area contributed by atoms with Gasteiger partial charge in [0.15, 0.2) is 0 Å². The quantitative estimate of drug-likeness (QED) is 0.408. The van der Waals surface area contributed by atoms with Crippen LogP contribution in [0.25, 0.3) is 0 Å². The maximum atomic E-state index is 13.9. The highest BCUT2D eigenvalue weighted by atomic mass is 19.4. The van der Waals surface area contributed by atoms with Crippen LogP contribution in [0, 0.1) is 0 Å². The van der Waals surface area contributed by atoms with Gasteiger partial charge in [0.05, 0.1) is 6.10 Å². The monoisotopic (exact) mass is 454 g/mol. The summed E-state index contributed by atoms with van der Waals surface area (Å²) in [5.41, 5.74) is -0.304. The van der Waals surface area contributed by atoms with Crippen LogP contribution in [0.15, 0.2) is 30.3 Å². The zero-order chi connectivity index (χ0) is 23.1. The third-order valence-electron chi connectivity index (χ3n) is 3.90. The molecule has 0 aliphatic heterocycles. The summed E-state index contributed by atoms with van der Waals surface area (Å²) in [5, 5.41) is 0. The van der Waals surface area contributed by atoms with E-state index < -0.39 is 48.3 Å². The van der Waals surface area contributed by atoms with Crippen molar-refractivity contribution in [3.63, 3.8) is 0 Å². The highest BCUT2D eigenvalue weighted by molar-refractivity contribution is 5.19. The van der Waals surface area contributed by atoms with E-state index in [-0.39, 0.29) is 5.56 Å². The third kappa shape index (κ3) is 3.99. The number of benzene rings is 1. The maximum absolute atomic E-state index is 13.9. The lowest BCUT2D eigenvalue weighted by molar-refractivity contribution is -0.440. The lowest BCUT2D eigenvalue weighted by Gasteiger charge is -2.40. The Morgan fingerprint density at radius 3 is 1.45 bits per heavy atom. The van der Waals surface area contributed by atoms with Crippen LogP contribution in [-0.4, -0.2) is 42.9 Å². The van der Waals surface area contributed by atoms with Gasteiger partial charge in [-0.2, -0.15) is 57.1 Å². The van der Waals surface area contributed by atoms with Crippen molar-refractivity contribution in [2.24, 2.45) is 0 Å². The molecule has 1 rings (SSSR count). The second kappa shape index (κ2) is 7.51. The summed E-state index contributed by atoms with van der Waals surface area (Å²) in [7, 11) is 0.663. The number of hydrogen-bond donors (Lipinski definition) is 0. The molecule has 0 N–H and O–H groups in total. The predicted octanol–water partition coefficient (Wildman–Crippen LogP) is 6.50. The summed E-state index contributed by atoms with van der Waals surface area (Å²) in [6, 6.07) is 5.71. The lowest BCUT2D eigenvalue weighted by atomic mass is 9.90. The van der Waals surface area contributed by atoms with Gasteiger partial charge in [-0.15, -0.1) is 0 Å². The fourth-order valence-corrected chi connectivity index (χ4v) is 2.17. The fraction of sp³-hybridized carbons (Fsp3) is 0.600. The Morgan fingerprint density at radius 2 is 1.07 bits per heavy atom. The van der Waals surface area contributed by atoms with Crippen LogP contribution in [0.3, 0.4) is 0 Å². The van der Waals surface area contributed by atoms with Crippen LogP contribution >= 0.6 is 0 Å². The fourth-order valence-electron chi connectivity index (χ4n) is 2.17. The number of rotatable bonds is 8. The minimum atomic E-state index is -7.90. The minimum Gasteiger partial charge on any atom is -0.377 e. The van der Waals surface area contributed by atoms with Crippen molar-refractivity contribution >= 4 is 0 Å². The van der Waals surface area contributed by atoms with Crippen LogP contribution in [0.5, 0.6) is 0 Å². The van der Waals surface area contributed by atoms with Crippen molar-refractivity contribution in [3.05, 3.63) is 35.9 Å². The van der Waals surface area contributed by atoms with Crippen LogP contribution in [0.1, 0.15) is 18.1 Å². The normalized spacial score (nSPS) is 16.1. The molecule has 0 bridgehead atoms. The number of ether oxygens (including phenoxy) is 1. The van der Waals surface area contributed by atoms with Crippen LogP contribution in [-0.2, 0) is 4.74 Å². The summed E-state index contributed by atoms with van der Waals surface area (Å²) in [6.45, 7) is 0. The Kier molecular flexibility index (Phi) is 6.55. The average molecular weight is 454 g/mol. The van der Waals surface area contributed by atoms with Gasteiger partial charge < -0.3 is 4.74 Å². The summed E-state index contributed by atoms with van der Waals surface area (Å²) in [5.74, 6) is -36.9. The largest absolute Gasteiger partial charge is 0.460 e.